The molecule has 28 heavy (non-hydrogen) atoms. The van der Waals surface area contributed by atoms with E-state index in [2.05, 4.69) is 0 Å². The fourth-order valence-electron chi connectivity index (χ4n) is 3.55. The summed E-state index contributed by atoms with van der Waals surface area (Å²) in [6.07, 6.45) is 2.15. The third kappa shape index (κ3) is 4.08. The SMILES string of the molecule is Cc1oc(CN(C)C(=O)[C@@H](c2ccccc2)N2CCCCC2=O)cc1C(=O)O. The quantitative estimate of drug-likeness (QED) is 0.827. The molecule has 1 fully saturated rings. The molecule has 1 aliphatic heterocycles. The van der Waals surface area contributed by atoms with Crippen molar-refractivity contribution in [3.63, 3.8) is 0 Å². The average Bonchev–Trinajstić information content (AvgIpc) is 3.04. The van der Waals surface area contributed by atoms with Crippen molar-refractivity contribution in [2.45, 2.75) is 38.8 Å². The van der Waals surface area contributed by atoms with Crippen molar-refractivity contribution in [3.8, 4) is 0 Å². The molecule has 3 rings (SSSR count). The summed E-state index contributed by atoms with van der Waals surface area (Å²) in [5, 5.41) is 9.17. The number of likely N-dealkylation sites (N-methyl/N-ethyl adjacent to an activating group) is 1. The molecule has 0 radical (unpaired) electrons. The first-order valence-electron chi connectivity index (χ1n) is 9.30. The number of hydrogen-bond acceptors (Lipinski definition) is 4. The van der Waals surface area contributed by atoms with E-state index in [9.17, 15) is 19.5 Å². The smallest absolute Gasteiger partial charge is 0.339 e. The molecule has 1 aromatic heterocycles. The number of amides is 2. The fraction of sp³-hybridized carbons (Fsp3) is 0.381. The Labute approximate surface area is 163 Å². The number of carbonyl (C=O) groups excluding carboxylic acids is 2. The standard InChI is InChI=1S/C21H24N2O5/c1-14-17(21(26)27)12-16(28-14)13-22(2)20(25)19(15-8-4-3-5-9-15)23-11-7-6-10-18(23)24/h3-5,8-9,12,19H,6-7,10-11,13H2,1-2H3,(H,26,27)/t19-/m1/s1. The number of carboxylic acid groups (broad SMARTS) is 1. The normalized spacial score (nSPS) is 15.4. The monoisotopic (exact) mass is 384 g/mol. The number of aryl methyl sites for hydroxylation is 1. The Bertz CT molecular complexity index is 874. The number of piperidine rings is 1. The zero-order chi connectivity index (χ0) is 20.3. The van der Waals surface area contributed by atoms with E-state index in [4.69, 9.17) is 4.42 Å². The number of nitrogens with zero attached hydrogens (tertiary/aromatic N) is 2. The molecule has 0 spiro atoms. The number of rotatable bonds is 6. The lowest BCUT2D eigenvalue weighted by atomic mass is 10.00. The molecule has 1 atom stereocenters. The highest BCUT2D eigenvalue weighted by molar-refractivity contribution is 5.90. The predicted molar refractivity (Wildman–Crippen MR) is 102 cm³/mol. The van der Waals surface area contributed by atoms with Gasteiger partial charge in [0.25, 0.3) is 0 Å². The fourth-order valence-corrected chi connectivity index (χ4v) is 3.55. The number of benzene rings is 1. The Morgan fingerprint density at radius 1 is 1.25 bits per heavy atom. The van der Waals surface area contributed by atoms with Gasteiger partial charge in [0, 0.05) is 20.0 Å². The lowest BCUT2D eigenvalue weighted by Gasteiger charge is -2.36. The second-order valence-corrected chi connectivity index (χ2v) is 7.04. The zero-order valence-electron chi connectivity index (χ0n) is 16.1. The van der Waals surface area contributed by atoms with E-state index < -0.39 is 12.0 Å². The Kier molecular flexibility index (Phi) is 5.82. The number of carboxylic acids is 1. The Morgan fingerprint density at radius 3 is 2.57 bits per heavy atom. The summed E-state index contributed by atoms with van der Waals surface area (Å²) in [5.74, 6) is -0.629. The second-order valence-electron chi connectivity index (χ2n) is 7.04. The molecule has 0 aliphatic carbocycles. The van der Waals surface area contributed by atoms with Gasteiger partial charge in [0.15, 0.2) is 0 Å². The highest BCUT2D eigenvalue weighted by Gasteiger charge is 2.34. The van der Waals surface area contributed by atoms with Crippen LogP contribution in [0.15, 0.2) is 40.8 Å². The topological polar surface area (TPSA) is 91.1 Å². The number of aromatic carboxylic acids is 1. The molecule has 148 valence electrons. The molecule has 0 unspecified atom stereocenters. The molecule has 1 aliphatic rings. The average molecular weight is 384 g/mol. The number of hydrogen-bond donors (Lipinski definition) is 1. The van der Waals surface area contributed by atoms with Crippen LogP contribution in [0.3, 0.4) is 0 Å². The van der Waals surface area contributed by atoms with E-state index in [-0.39, 0.29) is 23.9 Å². The van der Waals surface area contributed by atoms with Crippen LogP contribution >= 0.6 is 0 Å². The van der Waals surface area contributed by atoms with E-state index in [1.807, 2.05) is 30.3 Å². The summed E-state index contributed by atoms with van der Waals surface area (Å²) in [5.41, 5.74) is 0.845. The van der Waals surface area contributed by atoms with Gasteiger partial charge < -0.3 is 19.3 Å². The van der Waals surface area contributed by atoms with E-state index in [1.165, 1.54) is 11.0 Å². The molecule has 1 N–H and O–H groups in total. The highest BCUT2D eigenvalue weighted by Crippen LogP contribution is 2.28. The Morgan fingerprint density at radius 2 is 1.96 bits per heavy atom. The van der Waals surface area contributed by atoms with E-state index >= 15 is 0 Å². The van der Waals surface area contributed by atoms with E-state index in [0.29, 0.717) is 24.5 Å². The summed E-state index contributed by atoms with van der Waals surface area (Å²) in [7, 11) is 1.63. The summed E-state index contributed by atoms with van der Waals surface area (Å²) < 4.78 is 5.49. The van der Waals surface area contributed by atoms with E-state index in [0.717, 1.165) is 18.4 Å². The molecular weight excluding hydrogens is 360 g/mol. The van der Waals surface area contributed by atoms with Gasteiger partial charge in [-0.3, -0.25) is 9.59 Å². The van der Waals surface area contributed by atoms with Gasteiger partial charge in [0.2, 0.25) is 11.8 Å². The third-order valence-electron chi connectivity index (χ3n) is 4.99. The summed E-state index contributed by atoms with van der Waals surface area (Å²) in [4.78, 5) is 40.1. The van der Waals surface area contributed by atoms with Crippen molar-refractivity contribution < 1.29 is 23.9 Å². The van der Waals surface area contributed by atoms with Crippen LogP contribution in [0.25, 0.3) is 0 Å². The van der Waals surface area contributed by atoms with Crippen LogP contribution in [0, 0.1) is 6.92 Å². The van der Waals surface area contributed by atoms with Crippen LogP contribution in [0.5, 0.6) is 0 Å². The van der Waals surface area contributed by atoms with Gasteiger partial charge in [-0.25, -0.2) is 4.79 Å². The van der Waals surface area contributed by atoms with Gasteiger partial charge >= 0.3 is 5.97 Å². The summed E-state index contributed by atoms with van der Waals surface area (Å²) >= 11 is 0. The molecule has 1 aromatic carbocycles. The molecule has 2 aromatic rings. The lowest BCUT2D eigenvalue weighted by Crippen LogP contribution is -2.46. The van der Waals surface area contributed by atoms with Crippen molar-refractivity contribution in [3.05, 3.63) is 59.0 Å². The maximum atomic E-state index is 13.3. The van der Waals surface area contributed by atoms with Crippen molar-refractivity contribution >= 4 is 17.8 Å². The number of carbonyl (C=O) groups is 3. The molecule has 2 amide bonds. The molecule has 7 nitrogen and oxygen atoms in total. The largest absolute Gasteiger partial charge is 0.478 e. The van der Waals surface area contributed by atoms with Crippen molar-refractivity contribution in [1.82, 2.24) is 9.80 Å². The maximum absolute atomic E-state index is 13.3. The van der Waals surface area contributed by atoms with Gasteiger partial charge in [0.1, 0.15) is 23.1 Å². The second kappa shape index (κ2) is 8.29. The first kappa shape index (κ1) is 19.7. The van der Waals surface area contributed by atoms with Crippen molar-refractivity contribution in [2.75, 3.05) is 13.6 Å². The van der Waals surface area contributed by atoms with Gasteiger partial charge in [0.05, 0.1) is 6.54 Å². The lowest BCUT2D eigenvalue weighted by molar-refractivity contribution is -0.147. The number of furan rings is 1. The van der Waals surface area contributed by atoms with Crippen LogP contribution in [0.4, 0.5) is 0 Å². The van der Waals surface area contributed by atoms with Crippen molar-refractivity contribution in [1.29, 1.82) is 0 Å². The van der Waals surface area contributed by atoms with Gasteiger partial charge in [-0.2, -0.15) is 0 Å². The molecule has 0 bridgehead atoms. The van der Waals surface area contributed by atoms with Crippen LogP contribution < -0.4 is 0 Å². The summed E-state index contributed by atoms with van der Waals surface area (Å²) in [6.45, 7) is 2.24. The molecular formula is C21H24N2O5. The molecule has 0 saturated carbocycles. The highest BCUT2D eigenvalue weighted by atomic mass is 16.4. The first-order valence-corrected chi connectivity index (χ1v) is 9.30. The minimum absolute atomic E-state index is 0.0242. The van der Waals surface area contributed by atoms with Crippen LogP contribution in [0.2, 0.25) is 0 Å². The Hall–Kier alpha value is -3.09. The predicted octanol–water partition coefficient (Wildman–Crippen LogP) is 3.00. The maximum Gasteiger partial charge on any atom is 0.339 e. The number of likely N-dealkylation sites (tertiary alicyclic amines) is 1. The van der Waals surface area contributed by atoms with Crippen LogP contribution in [0.1, 0.15) is 52.7 Å². The van der Waals surface area contributed by atoms with Crippen molar-refractivity contribution in [2.24, 2.45) is 0 Å². The molecule has 2 heterocycles. The van der Waals surface area contributed by atoms with Gasteiger partial charge in [-0.1, -0.05) is 30.3 Å². The minimum Gasteiger partial charge on any atom is -0.478 e. The van der Waals surface area contributed by atoms with Gasteiger partial charge in [-0.05, 0) is 31.4 Å². The summed E-state index contributed by atoms with van der Waals surface area (Å²) in [6, 6.07) is 9.99. The van der Waals surface area contributed by atoms with Crippen LogP contribution in [-0.4, -0.2) is 46.3 Å². The zero-order valence-corrected chi connectivity index (χ0v) is 16.1. The minimum atomic E-state index is -1.07. The molecule has 1 saturated heterocycles. The third-order valence-corrected chi connectivity index (χ3v) is 4.99. The van der Waals surface area contributed by atoms with Crippen LogP contribution in [-0.2, 0) is 16.1 Å². The van der Waals surface area contributed by atoms with E-state index in [1.54, 1.807) is 18.9 Å². The molecule has 7 heteroatoms. The Balaban J connectivity index is 1.85. The first-order chi connectivity index (χ1) is 13.4. The van der Waals surface area contributed by atoms with Gasteiger partial charge in [-0.15, -0.1) is 0 Å².